The van der Waals surface area contributed by atoms with Gasteiger partial charge in [0, 0.05) is 32.8 Å². The summed E-state index contributed by atoms with van der Waals surface area (Å²) in [6, 6.07) is 53.1. The van der Waals surface area contributed by atoms with Crippen molar-refractivity contribution in [3.63, 3.8) is 0 Å². The second-order valence-corrected chi connectivity index (χ2v) is 16.4. The van der Waals surface area contributed by atoms with Gasteiger partial charge in [-0.15, -0.1) is 0 Å². The number of rotatable bonds is 5. The van der Waals surface area contributed by atoms with Crippen molar-refractivity contribution in [2.24, 2.45) is 0 Å². The Morgan fingerprint density at radius 3 is 1.31 bits per heavy atom. The van der Waals surface area contributed by atoms with Gasteiger partial charge in [0.05, 0.1) is 39.1 Å². The maximum Gasteiger partial charge on any atom is 0.104 e. The molecule has 0 bridgehead atoms. The average molecular weight is 761 g/mol. The van der Waals surface area contributed by atoms with E-state index in [-0.39, 0.29) is 0 Å². The number of pyridine rings is 1. The first-order valence-electron chi connectivity index (χ1n) is 20.4. The molecule has 3 heterocycles. The molecule has 0 aliphatic carbocycles. The van der Waals surface area contributed by atoms with Gasteiger partial charge in [0.25, 0.3) is 0 Å². The van der Waals surface area contributed by atoms with Crippen molar-refractivity contribution < 1.29 is 0 Å². The predicted octanol–water partition coefficient (Wildman–Crippen LogP) is 14.3. The van der Waals surface area contributed by atoms with E-state index in [2.05, 4.69) is 190 Å². The number of para-hydroxylation sites is 2. The van der Waals surface area contributed by atoms with Crippen molar-refractivity contribution in [1.82, 2.24) is 14.1 Å². The average Bonchev–Trinajstić information content (AvgIpc) is 3.71. The minimum atomic E-state index is 0.591. The molecule has 0 radical (unpaired) electrons. The summed E-state index contributed by atoms with van der Waals surface area (Å²) in [5.74, 6) is 0. The zero-order valence-electron chi connectivity index (χ0n) is 34.6. The molecule has 0 aliphatic heterocycles. The normalized spacial score (nSPS) is 11.6. The number of hydrogen-bond donors (Lipinski definition) is 0. The Kier molecular flexibility index (Phi) is 8.40. The minimum Gasteiger partial charge on any atom is -0.308 e. The number of nitrogens with zero attached hydrogens (tertiary/aromatic N) is 4. The summed E-state index contributed by atoms with van der Waals surface area (Å²) < 4.78 is 4.62. The van der Waals surface area contributed by atoms with Gasteiger partial charge in [-0.25, -0.2) is 0 Å². The van der Waals surface area contributed by atoms with Gasteiger partial charge < -0.3 is 9.13 Å². The van der Waals surface area contributed by atoms with E-state index in [0.29, 0.717) is 5.56 Å². The Labute approximate surface area is 345 Å². The van der Waals surface area contributed by atoms with Crippen LogP contribution in [0.4, 0.5) is 0 Å². The summed E-state index contributed by atoms with van der Waals surface area (Å²) in [5, 5.41) is 16.1. The van der Waals surface area contributed by atoms with Crippen LogP contribution in [0, 0.1) is 59.8 Å². The van der Waals surface area contributed by atoms with Crippen LogP contribution < -0.4 is 0 Å². The molecule has 59 heavy (non-hydrogen) atoms. The van der Waals surface area contributed by atoms with Crippen LogP contribution in [0.2, 0.25) is 0 Å². The fourth-order valence-electron chi connectivity index (χ4n) is 9.97. The molecule has 4 nitrogen and oxygen atoms in total. The van der Waals surface area contributed by atoms with Crippen molar-refractivity contribution in [1.29, 1.82) is 5.26 Å². The monoisotopic (exact) mass is 760 g/mol. The molecule has 0 saturated heterocycles. The molecular weight excluding hydrogens is 717 g/mol. The minimum absolute atomic E-state index is 0.591. The molecule has 10 aromatic rings. The zero-order chi connectivity index (χ0) is 40.7. The third kappa shape index (κ3) is 5.76. The molecule has 0 unspecified atom stereocenters. The molecule has 0 N–H and O–H groups in total. The quantitative estimate of drug-likeness (QED) is 0.175. The van der Waals surface area contributed by atoms with Crippen LogP contribution in [0.5, 0.6) is 0 Å². The highest BCUT2D eigenvalue weighted by Crippen LogP contribution is 2.42. The van der Waals surface area contributed by atoms with Gasteiger partial charge in [0.2, 0.25) is 0 Å². The van der Waals surface area contributed by atoms with E-state index in [1.165, 1.54) is 44.5 Å². The molecular formula is C55H44N4. The molecule has 7 aromatic carbocycles. The zero-order valence-corrected chi connectivity index (χ0v) is 34.6. The van der Waals surface area contributed by atoms with Gasteiger partial charge in [0.15, 0.2) is 0 Å². The van der Waals surface area contributed by atoms with Gasteiger partial charge in [-0.05, 0) is 142 Å². The van der Waals surface area contributed by atoms with E-state index >= 15 is 0 Å². The topological polar surface area (TPSA) is 46.5 Å². The molecule has 10 rings (SSSR count). The molecule has 284 valence electrons. The highest BCUT2D eigenvalue weighted by molar-refractivity contribution is 6.12. The van der Waals surface area contributed by atoms with Crippen LogP contribution >= 0.6 is 0 Å². The standard InChI is InChI=1S/C55H44N4/c1-32-23-34(3)54(35(4)24-32)39-19-21-44-42-14-8-10-17-48(42)58(50(44)27-39)52-29-41(47-16-12-13-38(7)57-47)30-53(46(52)31-56)59-49-18-11-9-15-43(49)45-22-20-40(28-51(45)59)55-36(5)25-33(2)26-37(55)6/h8-30H,1-7H3. The number of nitriles is 1. The van der Waals surface area contributed by atoms with Crippen LogP contribution in [-0.2, 0) is 0 Å². The number of hydrogen-bond acceptors (Lipinski definition) is 2. The van der Waals surface area contributed by atoms with Gasteiger partial charge in [-0.1, -0.05) is 102 Å². The molecule has 0 fully saturated rings. The summed E-state index contributed by atoms with van der Waals surface area (Å²) >= 11 is 0. The Bertz CT molecular complexity index is 3180. The van der Waals surface area contributed by atoms with Crippen LogP contribution in [0.1, 0.15) is 44.6 Å². The van der Waals surface area contributed by atoms with Gasteiger partial charge >= 0.3 is 0 Å². The van der Waals surface area contributed by atoms with Crippen molar-refractivity contribution in [2.75, 3.05) is 0 Å². The maximum absolute atomic E-state index is 11.6. The largest absolute Gasteiger partial charge is 0.308 e. The molecule has 0 atom stereocenters. The third-order valence-corrected chi connectivity index (χ3v) is 12.2. The van der Waals surface area contributed by atoms with Crippen LogP contribution in [0.15, 0.2) is 140 Å². The molecule has 0 aliphatic rings. The summed E-state index contributed by atoms with van der Waals surface area (Å²) in [4.78, 5) is 5.05. The first-order chi connectivity index (χ1) is 28.6. The lowest BCUT2D eigenvalue weighted by atomic mass is 9.93. The Balaban J connectivity index is 1.34. The van der Waals surface area contributed by atoms with Crippen molar-refractivity contribution in [3.8, 4) is 51.0 Å². The predicted molar refractivity (Wildman–Crippen MR) is 247 cm³/mol. The Morgan fingerprint density at radius 1 is 0.424 bits per heavy atom. The fourth-order valence-corrected chi connectivity index (χ4v) is 9.97. The molecule has 0 spiro atoms. The number of benzene rings is 7. The first kappa shape index (κ1) is 36.1. The van der Waals surface area contributed by atoms with Crippen molar-refractivity contribution in [2.45, 2.75) is 48.5 Å². The molecule has 0 saturated carbocycles. The van der Waals surface area contributed by atoms with E-state index in [4.69, 9.17) is 4.98 Å². The van der Waals surface area contributed by atoms with Gasteiger partial charge in [0.1, 0.15) is 11.6 Å². The van der Waals surface area contributed by atoms with Crippen molar-refractivity contribution >= 4 is 43.6 Å². The lowest BCUT2D eigenvalue weighted by molar-refractivity contribution is 1.11. The first-order valence-corrected chi connectivity index (χ1v) is 20.4. The molecule has 3 aromatic heterocycles. The van der Waals surface area contributed by atoms with E-state index in [1.54, 1.807) is 0 Å². The van der Waals surface area contributed by atoms with E-state index in [1.807, 2.05) is 13.0 Å². The highest BCUT2D eigenvalue weighted by Gasteiger charge is 2.24. The van der Waals surface area contributed by atoms with Crippen LogP contribution in [0.3, 0.4) is 0 Å². The second kappa shape index (κ2) is 13.7. The highest BCUT2D eigenvalue weighted by atomic mass is 15.0. The number of aromatic nitrogens is 3. The second-order valence-electron chi connectivity index (χ2n) is 16.4. The summed E-state index contributed by atoms with van der Waals surface area (Å²) in [7, 11) is 0. The van der Waals surface area contributed by atoms with E-state index in [0.717, 1.165) is 83.1 Å². The lowest BCUT2D eigenvalue weighted by Crippen LogP contribution is -2.06. The van der Waals surface area contributed by atoms with E-state index < -0.39 is 0 Å². The van der Waals surface area contributed by atoms with Gasteiger partial charge in [-0.3, -0.25) is 4.98 Å². The Morgan fingerprint density at radius 2 is 0.864 bits per heavy atom. The summed E-state index contributed by atoms with van der Waals surface area (Å²) in [6.45, 7) is 15.1. The fraction of sp³-hybridized carbons (Fsp3) is 0.127. The SMILES string of the molecule is Cc1cc(C)c(-c2ccc3c4ccccc4n(-c4cc(-c5cccc(C)n5)cc(-n5c6ccccc6c6ccc(-c7c(C)cc(C)cc7C)cc65)c4C#N)c3c2)c(C)c1. The third-order valence-electron chi connectivity index (χ3n) is 12.2. The van der Waals surface area contributed by atoms with Crippen molar-refractivity contribution in [3.05, 3.63) is 184 Å². The molecule has 0 amide bonds. The lowest BCUT2D eigenvalue weighted by Gasteiger charge is -2.19. The van der Waals surface area contributed by atoms with Crippen LogP contribution in [-0.4, -0.2) is 14.1 Å². The maximum atomic E-state index is 11.6. The van der Waals surface area contributed by atoms with Gasteiger partial charge in [-0.2, -0.15) is 5.26 Å². The van der Waals surface area contributed by atoms with E-state index in [9.17, 15) is 5.26 Å². The summed E-state index contributed by atoms with van der Waals surface area (Å²) in [5.41, 5.74) is 21.5. The summed E-state index contributed by atoms with van der Waals surface area (Å²) in [6.07, 6.45) is 0. The van der Waals surface area contributed by atoms with Crippen LogP contribution in [0.25, 0.3) is 88.5 Å². The smallest absolute Gasteiger partial charge is 0.104 e. The number of aryl methyl sites for hydroxylation is 7. The Hall–Kier alpha value is -7.22. The number of fused-ring (bicyclic) bond motifs is 6. The molecule has 4 heteroatoms.